The van der Waals surface area contributed by atoms with E-state index in [1.54, 1.807) is 12.2 Å². The summed E-state index contributed by atoms with van der Waals surface area (Å²) in [5.74, 6) is -2.45. The quantitative estimate of drug-likeness (QED) is 0.0169. The van der Waals surface area contributed by atoms with Crippen LogP contribution in [0.3, 0.4) is 0 Å². The van der Waals surface area contributed by atoms with Crippen molar-refractivity contribution in [3.63, 3.8) is 0 Å². The number of hydrogen-bond donors (Lipinski definition) is 3. The Morgan fingerprint density at radius 2 is 0.537 bits per heavy atom. The standard InChI is InChI=1S/C89H144O17P2/c1-5-9-13-17-21-25-29-33-37-39-41-43-47-49-53-57-61-65-69-73-86(91)99-79-84(105-88(93)75-71-67-63-59-55-51-45-35-31-27-23-19-15-11-7-3)81-103-107(95,96)101-77-83(90)78-102-108(97,98)104-82-85(106-89(94)76-72-68-64-60-56-52-46-36-32-28-24-20-16-12-8-4)80-100-87(92)74-70-66-62-58-54-50-48-44-42-40-38-34-30-26-22-18-14-10-6-2/h9-11,13-15,21-23,25-27,33-35,37-38,41-45,50,54-55,59,62,66-67,71,83-85,90H,5-8,12,16-20,24,28-32,36,39-40,46-49,51-53,56-58,60-61,63-65,68-70,72-82H2,1-4H3,(H,95,96)(H,97,98)/b13-9-,14-10-,15-11-,25-21-,26-22-,27-23-,37-33-,38-34-,43-41-,44-42-,45-35-,54-50-,59-55-,66-62-,71-67-. The van der Waals surface area contributed by atoms with Crippen LogP contribution in [-0.2, 0) is 65.4 Å². The summed E-state index contributed by atoms with van der Waals surface area (Å²) in [6, 6.07) is 0. The Labute approximate surface area is 654 Å². The van der Waals surface area contributed by atoms with Crippen LogP contribution in [0, 0.1) is 0 Å². The number of rotatable bonds is 75. The smallest absolute Gasteiger partial charge is 0.462 e. The van der Waals surface area contributed by atoms with Gasteiger partial charge >= 0.3 is 39.5 Å². The molecule has 19 heteroatoms. The molecule has 0 aliphatic carbocycles. The van der Waals surface area contributed by atoms with Gasteiger partial charge in [-0.15, -0.1) is 0 Å². The van der Waals surface area contributed by atoms with Crippen molar-refractivity contribution in [2.24, 2.45) is 0 Å². The van der Waals surface area contributed by atoms with Gasteiger partial charge < -0.3 is 33.8 Å². The highest BCUT2D eigenvalue weighted by atomic mass is 31.2. The minimum absolute atomic E-state index is 0.0299. The molecule has 17 nitrogen and oxygen atoms in total. The number of phosphoric ester groups is 2. The first-order chi connectivity index (χ1) is 52.7. The largest absolute Gasteiger partial charge is 0.472 e. The van der Waals surface area contributed by atoms with Gasteiger partial charge in [0.05, 0.1) is 32.8 Å². The van der Waals surface area contributed by atoms with Crippen molar-refractivity contribution in [3.05, 3.63) is 182 Å². The number of aliphatic hydroxyl groups excluding tert-OH is 1. The summed E-state index contributed by atoms with van der Waals surface area (Å²) in [6.07, 6.45) is 96.3. The zero-order chi connectivity index (χ0) is 78.9. The molecule has 0 spiro atoms. The summed E-state index contributed by atoms with van der Waals surface area (Å²) in [5, 5.41) is 10.7. The van der Waals surface area contributed by atoms with Gasteiger partial charge in [-0.2, -0.15) is 0 Å². The van der Waals surface area contributed by atoms with E-state index < -0.39 is 97.5 Å². The van der Waals surface area contributed by atoms with Crippen molar-refractivity contribution in [2.45, 2.75) is 316 Å². The van der Waals surface area contributed by atoms with Crippen LogP contribution in [0.5, 0.6) is 0 Å². The third-order valence-electron chi connectivity index (χ3n) is 16.4. The Kier molecular flexibility index (Phi) is 75.0. The summed E-state index contributed by atoms with van der Waals surface area (Å²) >= 11 is 0. The fraction of sp³-hybridized carbons (Fsp3) is 0.618. The average molecular weight is 1550 g/mol. The predicted octanol–water partition coefficient (Wildman–Crippen LogP) is 24.3. The SMILES string of the molecule is CC/C=C\C/C=C\C/C=C\C/C=C\C/C=C\C/C=C\CCC(=O)OCC(COP(=O)(O)OCC(O)COP(=O)(O)OCC(COC(=O)CCCCCCCC/C=C\C/C=C\C/C=C\C/C=C\CC)OC(=O)C/C=C\C/C=C\C/C=C\C/C=C\C/C=C\CC)OC(=O)CCCCCCCCCCCCCCCCC. The van der Waals surface area contributed by atoms with Gasteiger partial charge in [0.25, 0.3) is 0 Å². The van der Waals surface area contributed by atoms with E-state index in [9.17, 15) is 43.2 Å². The van der Waals surface area contributed by atoms with Crippen molar-refractivity contribution in [1.82, 2.24) is 0 Å². The number of esters is 4. The van der Waals surface area contributed by atoms with Gasteiger partial charge in [0.1, 0.15) is 19.3 Å². The monoisotopic (exact) mass is 1550 g/mol. The maximum Gasteiger partial charge on any atom is 0.472 e. The van der Waals surface area contributed by atoms with Crippen molar-refractivity contribution in [1.29, 1.82) is 0 Å². The molecule has 0 heterocycles. The Morgan fingerprint density at radius 1 is 0.278 bits per heavy atom. The Morgan fingerprint density at radius 3 is 0.880 bits per heavy atom. The number of ether oxygens (including phenoxy) is 4. The summed E-state index contributed by atoms with van der Waals surface area (Å²) in [5.41, 5.74) is 0. The molecular formula is C89H144O17P2. The number of carbonyl (C=O) groups excluding carboxylic acids is 4. The zero-order valence-corrected chi connectivity index (χ0v) is 68.7. The molecule has 0 saturated heterocycles. The summed E-state index contributed by atoms with van der Waals surface area (Å²) in [4.78, 5) is 73.0. The van der Waals surface area contributed by atoms with Gasteiger partial charge in [-0.25, -0.2) is 9.13 Å². The molecule has 3 N–H and O–H groups in total. The van der Waals surface area contributed by atoms with Gasteiger partial charge in [-0.1, -0.05) is 326 Å². The second kappa shape index (κ2) is 79.3. The molecule has 612 valence electrons. The van der Waals surface area contributed by atoms with Crippen LogP contribution in [0.15, 0.2) is 182 Å². The molecule has 0 aromatic carbocycles. The van der Waals surface area contributed by atoms with E-state index in [1.165, 1.54) is 64.2 Å². The van der Waals surface area contributed by atoms with Gasteiger partial charge in [0.15, 0.2) is 12.2 Å². The lowest BCUT2D eigenvalue weighted by Gasteiger charge is -2.21. The van der Waals surface area contributed by atoms with Gasteiger partial charge in [-0.05, 0) is 128 Å². The number of aliphatic hydroxyl groups is 1. The molecule has 5 unspecified atom stereocenters. The third kappa shape index (κ3) is 78.3. The summed E-state index contributed by atoms with van der Waals surface area (Å²) in [6.45, 7) is 4.32. The molecule has 0 aliphatic heterocycles. The van der Waals surface area contributed by atoms with Crippen molar-refractivity contribution in [3.8, 4) is 0 Å². The van der Waals surface area contributed by atoms with Crippen LogP contribution in [0.25, 0.3) is 0 Å². The van der Waals surface area contributed by atoms with Crippen molar-refractivity contribution >= 4 is 39.5 Å². The lowest BCUT2D eigenvalue weighted by Crippen LogP contribution is -2.30. The van der Waals surface area contributed by atoms with Crippen LogP contribution in [0.2, 0.25) is 0 Å². The van der Waals surface area contributed by atoms with Crippen LogP contribution in [0.4, 0.5) is 0 Å². The fourth-order valence-corrected chi connectivity index (χ4v) is 11.9. The summed E-state index contributed by atoms with van der Waals surface area (Å²) < 4.78 is 68.5. The molecule has 0 fully saturated rings. The highest BCUT2D eigenvalue weighted by Gasteiger charge is 2.30. The average Bonchev–Trinajstić information content (AvgIpc) is 0.923. The molecular weight excluding hydrogens is 1400 g/mol. The van der Waals surface area contributed by atoms with Gasteiger partial charge in [0, 0.05) is 19.3 Å². The topological polar surface area (TPSA) is 237 Å². The predicted molar refractivity (Wildman–Crippen MR) is 445 cm³/mol. The van der Waals surface area contributed by atoms with E-state index >= 15 is 0 Å². The van der Waals surface area contributed by atoms with Gasteiger partial charge in [-0.3, -0.25) is 37.3 Å². The molecule has 108 heavy (non-hydrogen) atoms. The first kappa shape index (κ1) is 102. The molecule has 0 bridgehead atoms. The van der Waals surface area contributed by atoms with E-state index in [-0.39, 0.29) is 25.7 Å². The van der Waals surface area contributed by atoms with Crippen LogP contribution >= 0.6 is 15.6 Å². The lowest BCUT2D eigenvalue weighted by molar-refractivity contribution is -0.161. The Hall–Kier alpha value is -5.84. The fourth-order valence-electron chi connectivity index (χ4n) is 10.3. The molecule has 0 rings (SSSR count). The van der Waals surface area contributed by atoms with E-state index in [1.807, 2.05) is 30.4 Å². The van der Waals surface area contributed by atoms with Crippen molar-refractivity contribution < 1.29 is 80.2 Å². The first-order valence-corrected chi connectivity index (χ1v) is 44.0. The number of phosphoric acid groups is 2. The number of hydrogen-bond acceptors (Lipinski definition) is 15. The number of carbonyl (C=O) groups is 4. The van der Waals surface area contributed by atoms with Gasteiger partial charge in [0.2, 0.25) is 0 Å². The molecule has 0 saturated carbocycles. The molecule has 0 aromatic heterocycles. The minimum atomic E-state index is -5.02. The minimum Gasteiger partial charge on any atom is -0.462 e. The molecule has 0 amide bonds. The maximum atomic E-state index is 13.1. The maximum absolute atomic E-state index is 13.1. The first-order valence-electron chi connectivity index (χ1n) is 41.0. The van der Waals surface area contributed by atoms with Crippen LogP contribution < -0.4 is 0 Å². The highest BCUT2D eigenvalue weighted by Crippen LogP contribution is 2.45. The summed E-state index contributed by atoms with van der Waals surface area (Å²) in [7, 11) is -10.0. The lowest BCUT2D eigenvalue weighted by atomic mass is 10.0. The van der Waals surface area contributed by atoms with E-state index in [0.717, 1.165) is 148 Å². The second-order valence-electron chi connectivity index (χ2n) is 26.6. The normalized spacial score (nSPS) is 14.8. The molecule has 0 radical (unpaired) electrons. The third-order valence-corrected chi connectivity index (χ3v) is 18.3. The highest BCUT2D eigenvalue weighted by molar-refractivity contribution is 7.47. The Balaban J connectivity index is 5.50. The van der Waals surface area contributed by atoms with Crippen molar-refractivity contribution in [2.75, 3.05) is 39.6 Å². The van der Waals surface area contributed by atoms with E-state index in [2.05, 4.69) is 167 Å². The molecule has 0 aliphatic rings. The zero-order valence-electron chi connectivity index (χ0n) is 66.9. The molecule has 0 aromatic rings. The molecule has 5 atom stereocenters. The Bertz CT molecular complexity index is 2760. The van der Waals surface area contributed by atoms with Crippen LogP contribution in [-0.4, -0.2) is 96.7 Å². The van der Waals surface area contributed by atoms with E-state index in [0.29, 0.717) is 32.1 Å². The number of unbranched alkanes of at least 4 members (excludes halogenated alkanes) is 20. The van der Waals surface area contributed by atoms with E-state index in [4.69, 9.17) is 37.0 Å². The van der Waals surface area contributed by atoms with Crippen LogP contribution in [0.1, 0.15) is 297 Å². The number of allylic oxidation sites excluding steroid dienone is 29. The second-order valence-corrected chi connectivity index (χ2v) is 29.5.